The summed E-state index contributed by atoms with van der Waals surface area (Å²) in [6.45, 7) is 3.31. The maximum absolute atomic E-state index is 12.9. The predicted octanol–water partition coefficient (Wildman–Crippen LogP) is 4.22. The molecule has 0 aliphatic carbocycles. The van der Waals surface area contributed by atoms with Crippen molar-refractivity contribution >= 4 is 6.03 Å². The Hall–Kier alpha value is -3.15. The monoisotopic (exact) mass is 375 g/mol. The van der Waals surface area contributed by atoms with E-state index in [1.165, 1.54) is 5.56 Å². The van der Waals surface area contributed by atoms with Crippen LogP contribution in [0, 0.1) is 6.92 Å². The zero-order valence-corrected chi connectivity index (χ0v) is 16.1. The number of aromatic amines is 1. The quantitative estimate of drug-likeness (QED) is 0.717. The van der Waals surface area contributed by atoms with Gasteiger partial charge in [0, 0.05) is 18.7 Å². The lowest BCUT2D eigenvalue weighted by Crippen LogP contribution is -2.44. The molecule has 2 heterocycles. The van der Waals surface area contributed by atoms with Crippen LogP contribution in [0.25, 0.3) is 11.4 Å². The average molecular weight is 375 g/mol. The molecule has 1 unspecified atom stereocenters. The van der Waals surface area contributed by atoms with Crippen LogP contribution in [0.1, 0.15) is 42.3 Å². The van der Waals surface area contributed by atoms with E-state index in [2.05, 4.69) is 39.6 Å². The van der Waals surface area contributed by atoms with Gasteiger partial charge in [0.2, 0.25) is 0 Å². The highest BCUT2D eigenvalue weighted by atomic mass is 16.2. The number of aryl methyl sites for hydroxylation is 1. The SMILES string of the molecule is Cc1ccc(CNC(=O)N2CCCCC2c2nc(-c3ccccc3)n[nH]2)cc1. The minimum absolute atomic E-state index is 0.0528. The fraction of sp³-hybridized carbons (Fsp3) is 0.318. The van der Waals surface area contributed by atoms with Gasteiger partial charge in [-0.2, -0.15) is 5.10 Å². The summed E-state index contributed by atoms with van der Waals surface area (Å²) in [7, 11) is 0. The number of carbonyl (C=O) groups excluding carboxylic acids is 1. The normalized spacial score (nSPS) is 16.8. The zero-order valence-electron chi connectivity index (χ0n) is 16.1. The molecule has 0 spiro atoms. The minimum atomic E-state index is -0.0725. The third-order valence-electron chi connectivity index (χ3n) is 5.18. The molecular weight excluding hydrogens is 350 g/mol. The zero-order chi connectivity index (χ0) is 19.3. The lowest BCUT2D eigenvalue weighted by molar-refractivity contribution is 0.147. The van der Waals surface area contributed by atoms with Gasteiger partial charge < -0.3 is 10.2 Å². The third kappa shape index (κ3) is 4.06. The molecule has 0 radical (unpaired) electrons. The maximum atomic E-state index is 12.9. The number of likely N-dealkylation sites (tertiary alicyclic amines) is 1. The number of benzene rings is 2. The second-order valence-corrected chi connectivity index (χ2v) is 7.26. The van der Waals surface area contributed by atoms with E-state index in [1.54, 1.807) is 0 Å². The number of rotatable bonds is 4. The van der Waals surface area contributed by atoms with Crippen molar-refractivity contribution in [2.75, 3.05) is 6.54 Å². The molecule has 1 aliphatic heterocycles. The van der Waals surface area contributed by atoms with Crippen molar-refractivity contribution in [2.24, 2.45) is 0 Å². The van der Waals surface area contributed by atoms with Gasteiger partial charge in [-0.15, -0.1) is 0 Å². The van der Waals surface area contributed by atoms with Crippen molar-refractivity contribution < 1.29 is 4.79 Å². The molecule has 4 rings (SSSR count). The number of aromatic nitrogens is 3. The number of hydrogen-bond donors (Lipinski definition) is 2. The number of nitrogens with zero attached hydrogens (tertiary/aromatic N) is 3. The van der Waals surface area contributed by atoms with Gasteiger partial charge in [0.25, 0.3) is 0 Å². The smallest absolute Gasteiger partial charge is 0.318 e. The molecule has 2 N–H and O–H groups in total. The first kappa shape index (κ1) is 18.2. The van der Waals surface area contributed by atoms with Crippen molar-refractivity contribution in [2.45, 2.75) is 38.8 Å². The van der Waals surface area contributed by atoms with Crippen LogP contribution in [-0.2, 0) is 6.54 Å². The molecule has 1 atom stereocenters. The Balaban J connectivity index is 1.46. The Morgan fingerprint density at radius 3 is 2.71 bits per heavy atom. The van der Waals surface area contributed by atoms with Crippen molar-refractivity contribution in [3.05, 3.63) is 71.5 Å². The lowest BCUT2D eigenvalue weighted by atomic mass is 10.0. The summed E-state index contributed by atoms with van der Waals surface area (Å²) in [6, 6.07) is 18.0. The van der Waals surface area contributed by atoms with Gasteiger partial charge in [0.15, 0.2) is 5.82 Å². The van der Waals surface area contributed by atoms with Gasteiger partial charge >= 0.3 is 6.03 Å². The maximum Gasteiger partial charge on any atom is 0.318 e. The van der Waals surface area contributed by atoms with Crippen LogP contribution in [0.15, 0.2) is 54.6 Å². The molecule has 1 aliphatic rings. The molecule has 28 heavy (non-hydrogen) atoms. The molecule has 0 bridgehead atoms. The second kappa shape index (κ2) is 8.25. The molecule has 2 aromatic carbocycles. The van der Waals surface area contributed by atoms with Crippen molar-refractivity contribution in [3.8, 4) is 11.4 Å². The summed E-state index contributed by atoms with van der Waals surface area (Å²) >= 11 is 0. The Labute approximate surface area is 165 Å². The molecule has 6 nitrogen and oxygen atoms in total. The fourth-order valence-corrected chi connectivity index (χ4v) is 3.58. The summed E-state index contributed by atoms with van der Waals surface area (Å²) in [4.78, 5) is 19.4. The van der Waals surface area contributed by atoms with E-state index < -0.39 is 0 Å². The molecule has 0 saturated carbocycles. The first-order chi connectivity index (χ1) is 13.7. The number of carbonyl (C=O) groups is 1. The molecule has 3 aromatic rings. The van der Waals surface area contributed by atoms with E-state index in [-0.39, 0.29) is 12.1 Å². The van der Waals surface area contributed by atoms with Crippen molar-refractivity contribution in [3.63, 3.8) is 0 Å². The summed E-state index contributed by atoms with van der Waals surface area (Å²) < 4.78 is 0. The molecule has 144 valence electrons. The molecule has 6 heteroatoms. The van der Waals surface area contributed by atoms with Crippen LogP contribution in [0.4, 0.5) is 4.79 Å². The Morgan fingerprint density at radius 2 is 1.93 bits per heavy atom. The minimum Gasteiger partial charge on any atom is -0.334 e. The number of urea groups is 1. The standard InChI is InChI=1S/C22H25N5O/c1-16-10-12-17(13-11-16)15-23-22(28)27-14-6-5-9-19(27)21-24-20(25-26-21)18-7-3-2-4-8-18/h2-4,7-8,10-13,19H,5-6,9,14-15H2,1H3,(H,23,28)(H,24,25,26). The van der Waals surface area contributed by atoms with Crippen molar-refractivity contribution in [1.82, 2.24) is 25.4 Å². The highest BCUT2D eigenvalue weighted by molar-refractivity contribution is 5.74. The number of amides is 2. The summed E-state index contributed by atoms with van der Waals surface area (Å²) in [6.07, 6.45) is 2.98. The van der Waals surface area contributed by atoms with Gasteiger partial charge in [0.1, 0.15) is 5.82 Å². The third-order valence-corrected chi connectivity index (χ3v) is 5.18. The van der Waals surface area contributed by atoms with Gasteiger partial charge in [-0.1, -0.05) is 60.2 Å². The first-order valence-corrected chi connectivity index (χ1v) is 9.78. The molecule has 2 amide bonds. The Bertz CT molecular complexity index is 920. The van der Waals surface area contributed by atoms with E-state index >= 15 is 0 Å². The van der Waals surface area contributed by atoms with Crippen molar-refractivity contribution in [1.29, 1.82) is 0 Å². The number of nitrogens with one attached hydrogen (secondary N) is 2. The van der Waals surface area contributed by atoms with E-state index in [1.807, 2.05) is 47.4 Å². The van der Waals surface area contributed by atoms with Crippen LogP contribution >= 0.6 is 0 Å². The van der Waals surface area contributed by atoms with Crippen LogP contribution in [0.2, 0.25) is 0 Å². The topological polar surface area (TPSA) is 73.9 Å². The number of H-pyrrole nitrogens is 1. The molecule has 1 fully saturated rings. The van der Waals surface area contributed by atoms with Gasteiger partial charge in [-0.05, 0) is 31.7 Å². The summed E-state index contributed by atoms with van der Waals surface area (Å²) in [5.74, 6) is 1.42. The van der Waals surface area contributed by atoms with Gasteiger partial charge in [-0.25, -0.2) is 9.78 Å². The van der Waals surface area contributed by atoms with Crippen LogP contribution in [0.5, 0.6) is 0 Å². The predicted molar refractivity (Wildman–Crippen MR) is 109 cm³/mol. The highest BCUT2D eigenvalue weighted by Gasteiger charge is 2.30. The molecular formula is C22H25N5O. The highest BCUT2D eigenvalue weighted by Crippen LogP contribution is 2.29. The second-order valence-electron chi connectivity index (χ2n) is 7.26. The van der Waals surface area contributed by atoms with Gasteiger partial charge in [0.05, 0.1) is 6.04 Å². The largest absolute Gasteiger partial charge is 0.334 e. The van der Waals surface area contributed by atoms with E-state index in [0.29, 0.717) is 12.4 Å². The van der Waals surface area contributed by atoms with E-state index in [4.69, 9.17) is 0 Å². The molecule has 1 saturated heterocycles. The van der Waals surface area contributed by atoms with Crippen LogP contribution < -0.4 is 5.32 Å². The summed E-state index contributed by atoms with van der Waals surface area (Å²) in [5.41, 5.74) is 3.28. The molecule has 1 aromatic heterocycles. The van der Waals surface area contributed by atoms with Crippen LogP contribution in [0.3, 0.4) is 0 Å². The van der Waals surface area contributed by atoms with E-state index in [0.717, 1.165) is 42.8 Å². The van der Waals surface area contributed by atoms with E-state index in [9.17, 15) is 4.79 Å². The number of piperidine rings is 1. The Morgan fingerprint density at radius 1 is 1.14 bits per heavy atom. The number of hydrogen-bond acceptors (Lipinski definition) is 3. The summed E-state index contributed by atoms with van der Waals surface area (Å²) in [5, 5.41) is 10.5. The fourth-order valence-electron chi connectivity index (χ4n) is 3.58. The van der Waals surface area contributed by atoms with Gasteiger partial charge in [-0.3, -0.25) is 5.10 Å². The Kier molecular flexibility index (Phi) is 5.37. The first-order valence-electron chi connectivity index (χ1n) is 9.78. The average Bonchev–Trinajstić information content (AvgIpc) is 3.24. The van der Waals surface area contributed by atoms with Crippen LogP contribution in [-0.4, -0.2) is 32.7 Å². The lowest BCUT2D eigenvalue weighted by Gasteiger charge is -2.34.